The van der Waals surface area contributed by atoms with Gasteiger partial charge >= 0.3 is 5.97 Å². The van der Waals surface area contributed by atoms with Crippen molar-refractivity contribution in [3.63, 3.8) is 0 Å². The number of carboxylic acids is 1. The first-order valence-electron chi connectivity index (χ1n) is 17.6. The number of carboxylic acid groups (broad SMARTS) is 1. The van der Waals surface area contributed by atoms with Gasteiger partial charge in [0.25, 0.3) is 0 Å². The minimum absolute atomic E-state index is 0.0107. The fourth-order valence-corrected chi connectivity index (χ4v) is 7.31. The third-order valence-electron chi connectivity index (χ3n) is 9.92. The first-order chi connectivity index (χ1) is 23.4. The van der Waals surface area contributed by atoms with E-state index >= 15 is 0 Å². The Balaban J connectivity index is 1.16. The molecule has 9 heteroatoms. The number of amides is 1. The molecule has 3 aromatic carbocycles. The van der Waals surface area contributed by atoms with Gasteiger partial charge in [0.2, 0.25) is 5.91 Å². The Morgan fingerprint density at radius 3 is 2.35 bits per heavy atom. The van der Waals surface area contributed by atoms with Crippen molar-refractivity contribution in [2.75, 3.05) is 32.7 Å². The molecule has 9 nitrogen and oxygen atoms in total. The molecular weight excluding hydrogens is 606 g/mol. The van der Waals surface area contributed by atoms with Crippen LogP contribution < -0.4 is 5.32 Å². The van der Waals surface area contributed by atoms with Crippen LogP contribution in [0.25, 0.3) is 11.1 Å². The van der Waals surface area contributed by atoms with Gasteiger partial charge in [-0.3, -0.25) is 14.5 Å². The van der Waals surface area contributed by atoms with Gasteiger partial charge in [0.05, 0.1) is 18.8 Å². The van der Waals surface area contributed by atoms with Crippen molar-refractivity contribution in [1.82, 2.24) is 15.1 Å². The number of carbonyl (C=O) groups is 2. The van der Waals surface area contributed by atoms with Crippen LogP contribution in [0.4, 0.5) is 0 Å². The first-order valence-corrected chi connectivity index (χ1v) is 17.6. The normalized spacial score (nSPS) is 23.4. The number of aliphatic hydroxyl groups is 1. The number of carbonyl (C=O) groups excluding carboxylic acids is 1. The summed E-state index contributed by atoms with van der Waals surface area (Å²) >= 11 is 0. The maximum Gasteiger partial charge on any atom is 0.303 e. The summed E-state index contributed by atoms with van der Waals surface area (Å²) in [5, 5.41) is 21.3. The average molecular weight is 656 g/mol. The molecule has 6 rings (SSSR count). The summed E-state index contributed by atoms with van der Waals surface area (Å²) in [6.45, 7) is 5.96. The predicted octanol–water partition coefficient (Wildman–Crippen LogP) is 5.82. The first kappa shape index (κ1) is 34.3. The van der Waals surface area contributed by atoms with Crippen molar-refractivity contribution >= 4 is 11.9 Å². The van der Waals surface area contributed by atoms with E-state index in [0.29, 0.717) is 19.0 Å². The fraction of sp³-hybridized carbons (Fsp3) is 0.487. The number of nitrogens with zero attached hydrogens (tertiary/aromatic N) is 2. The number of nitrogens with one attached hydrogen (secondary N) is 1. The van der Waals surface area contributed by atoms with Crippen molar-refractivity contribution in [3.05, 3.63) is 95.1 Å². The number of rotatable bonds is 14. The van der Waals surface area contributed by atoms with Crippen LogP contribution in [-0.2, 0) is 32.2 Å². The highest BCUT2D eigenvalue weighted by Gasteiger charge is 2.36. The molecular formula is C39H49N3O6. The van der Waals surface area contributed by atoms with Crippen molar-refractivity contribution in [3.8, 4) is 11.1 Å². The Morgan fingerprint density at radius 2 is 1.58 bits per heavy atom. The number of aliphatic carboxylic acids is 1. The zero-order valence-corrected chi connectivity index (χ0v) is 27.8. The van der Waals surface area contributed by atoms with Gasteiger partial charge < -0.3 is 29.9 Å². The lowest BCUT2D eigenvalue weighted by Crippen LogP contribution is -2.45. The molecule has 3 heterocycles. The predicted molar refractivity (Wildman–Crippen MR) is 184 cm³/mol. The van der Waals surface area contributed by atoms with Crippen LogP contribution in [0.3, 0.4) is 0 Å². The highest BCUT2D eigenvalue weighted by atomic mass is 16.7. The molecule has 0 aliphatic carbocycles. The molecule has 3 fully saturated rings. The number of hydrogen-bond acceptors (Lipinski definition) is 7. The second kappa shape index (κ2) is 16.7. The molecule has 3 saturated heterocycles. The maximum absolute atomic E-state index is 12.2. The molecule has 3 aliphatic heterocycles. The lowest BCUT2D eigenvalue weighted by Gasteiger charge is -2.39. The molecule has 3 aromatic rings. The highest BCUT2D eigenvalue weighted by molar-refractivity contribution is 5.76. The lowest BCUT2D eigenvalue weighted by molar-refractivity contribution is -0.253. The van der Waals surface area contributed by atoms with E-state index in [4.69, 9.17) is 14.6 Å². The number of hydrogen-bond donors (Lipinski definition) is 3. The third-order valence-corrected chi connectivity index (χ3v) is 9.92. The monoisotopic (exact) mass is 655 g/mol. The van der Waals surface area contributed by atoms with Crippen molar-refractivity contribution in [2.24, 2.45) is 0 Å². The third kappa shape index (κ3) is 9.30. The highest BCUT2D eigenvalue weighted by Crippen LogP contribution is 2.39. The molecule has 4 atom stereocenters. The molecule has 3 N–H and O–H groups in total. The smallest absolute Gasteiger partial charge is 0.303 e. The Morgan fingerprint density at radius 1 is 0.812 bits per heavy atom. The molecule has 0 unspecified atom stereocenters. The topological polar surface area (TPSA) is 112 Å². The van der Waals surface area contributed by atoms with Crippen LogP contribution in [-0.4, -0.2) is 76.8 Å². The second-order valence-electron chi connectivity index (χ2n) is 13.5. The Hall–Kier alpha value is -3.60. The van der Waals surface area contributed by atoms with Gasteiger partial charge in [-0.25, -0.2) is 0 Å². The van der Waals surface area contributed by atoms with Crippen LogP contribution in [0.1, 0.15) is 86.0 Å². The average Bonchev–Trinajstić information content (AvgIpc) is 3.79. The van der Waals surface area contributed by atoms with Crippen LogP contribution in [0.5, 0.6) is 0 Å². The standard InChI is InChI=1S/C39H49N3O6/c43-27-28-14-16-30(17-15-28)36-23-35(26-42-20-6-11-34(42)25-41-18-1-2-19-41)47-39(48-36)33-10-4-9-32(22-33)31-8-3-7-29(21-31)24-40-37(44)12-5-13-38(45)46/h3-4,7-10,14-17,21-22,34-36,39,43H,1-2,5-6,11-13,18-20,23-27H2,(H,40,44)(H,45,46)/t34-,35+,36-,39-/m0/s1. The van der Waals surface area contributed by atoms with E-state index in [1.807, 2.05) is 30.3 Å². The summed E-state index contributed by atoms with van der Waals surface area (Å²) in [7, 11) is 0. The summed E-state index contributed by atoms with van der Waals surface area (Å²) < 4.78 is 13.5. The van der Waals surface area contributed by atoms with Crippen molar-refractivity contribution in [1.29, 1.82) is 0 Å². The van der Waals surface area contributed by atoms with Crippen molar-refractivity contribution < 1.29 is 29.3 Å². The van der Waals surface area contributed by atoms with Crippen LogP contribution in [0, 0.1) is 0 Å². The van der Waals surface area contributed by atoms with Gasteiger partial charge in [-0.2, -0.15) is 0 Å². The Bertz CT molecular complexity index is 1510. The van der Waals surface area contributed by atoms with Crippen LogP contribution in [0.15, 0.2) is 72.8 Å². The number of aliphatic hydroxyl groups excluding tert-OH is 1. The lowest BCUT2D eigenvalue weighted by atomic mass is 9.98. The molecule has 0 radical (unpaired) electrons. The second-order valence-corrected chi connectivity index (χ2v) is 13.5. The van der Waals surface area contributed by atoms with Gasteiger partial charge in [0.15, 0.2) is 6.29 Å². The molecule has 48 heavy (non-hydrogen) atoms. The van der Waals surface area contributed by atoms with E-state index in [9.17, 15) is 14.7 Å². The SMILES string of the molecule is O=C(O)CCCC(=O)NCc1cccc(-c2cccc([C@H]3O[C@@H](CN4CCC[C@H]4CN4CCCC4)C[C@@H](c4ccc(CO)cc4)O3)c2)c1. The zero-order chi connectivity index (χ0) is 33.3. The van der Waals surface area contributed by atoms with Gasteiger partial charge in [-0.1, -0.05) is 60.7 Å². The fourth-order valence-electron chi connectivity index (χ4n) is 7.31. The quantitative estimate of drug-likeness (QED) is 0.199. The van der Waals surface area contributed by atoms with Gasteiger partial charge in [0, 0.05) is 50.5 Å². The molecule has 0 bridgehead atoms. The van der Waals surface area contributed by atoms with Gasteiger partial charge in [-0.15, -0.1) is 0 Å². The zero-order valence-electron chi connectivity index (χ0n) is 27.8. The van der Waals surface area contributed by atoms with E-state index in [2.05, 4.69) is 57.6 Å². The van der Waals surface area contributed by atoms with E-state index in [0.717, 1.165) is 59.4 Å². The number of benzene rings is 3. The molecule has 1 amide bonds. The molecule has 3 aliphatic rings. The number of ether oxygens (including phenoxy) is 2. The molecule has 0 aromatic heterocycles. The van der Waals surface area contributed by atoms with Crippen molar-refractivity contribution in [2.45, 2.75) is 89.1 Å². The van der Waals surface area contributed by atoms with E-state index < -0.39 is 12.3 Å². The Kier molecular flexibility index (Phi) is 11.9. The summed E-state index contributed by atoms with van der Waals surface area (Å²) in [5.74, 6) is -1.04. The minimum Gasteiger partial charge on any atom is -0.481 e. The van der Waals surface area contributed by atoms with E-state index in [-0.39, 0.29) is 37.6 Å². The van der Waals surface area contributed by atoms with Gasteiger partial charge in [-0.05, 0) is 91.7 Å². The van der Waals surface area contributed by atoms with Crippen LogP contribution in [0.2, 0.25) is 0 Å². The molecule has 0 spiro atoms. The maximum atomic E-state index is 12.2. The van der Waals surface area contributed by atoms with E-state index in [1.54, 1.807) is 0 Å². The Labute approximate surface area is 283 Å². The summed E-state index contributed by atoms with van der Waals surface area (Å²) in [5.41, 5.74) is 5.96. The van der Waals surface area contributed by atoms with Crippen LogP contribution >= 0.6 is 0 Å². The summed E-state index contributed by atoms with van der Waals surface area (Å²) in [6, 6.07) is 25.0. The summed E-state index contributed by atoms with van der Waals surface area (Å²) in [6.07, 6.45) is 5.72. The molecule has 0 saturated carbocycles. The number of likely N-dealkylation sites (tertiary alicyclic amines) is 2. The largest absolute Gasteiger partial charge is 0.481 e. The minimum atomic E-state index is -0.891. The van der Waals surface area contributed by atoms with E-state index in [1.165, 1.54) is 38.8 Å². The molecule has 256 valence electrons. The summed E-state index contributed by atoms with van der Waals surface area (Å²) in [4.78, 5) is 28.2. The van der Waals surface area contributed by atoms with Gasteiger partial charge in [0.1, 0.15) is 0 Å².